The molecular weight excluding hydrogens is 482 g/mol. The predicted molar refractivity (Wildman–Crippen MR) is 144 cm³/mol. The van der Waals surface area contributed by atoms with Crippen LogP contribution in [0.2, 0.25) is 5.02 Å². The third kappa shape index (κ3) is 7.35. The van der Waals surface area contributed by atoms with E-state index in [1.165, 1.54) is 12.1 Å². The number of halogens is 1. The molecule has 1 atom stereocenters. The van der Waals surface area contributed by atoms with E-state index in [0.717, 1.165) is 34.6 Å². The fourth-order valence-corrected chi connectivity index (χ4v) is 5.07. The van der Waals surface area contributed by atoms with Gasteiger partial charge < -0.3 is 15.5 Å². The van der Waals surface area contributed by atoms with E-state index in [0.29, 0.717) is 22.9 Å². The highest BCUT2D eigenvalue weighted by Crippen LogP contribution is 2.35. The number of carbonyl (C=O) groups excluding carboxylic acids is 1. The predicted octanol–water partition coefficient (Wildman–Crippen LogP) is 5.24. The summed E-state index contributed by atoms with van der Waals surface area (Å²) in [6, 6.07) is 15.5. The molecular formula is C26H32ClN5O2S. The van der Waals surface area contributed by atoms with E-state index in [-0.39, 0.29) is 18.3 Å². The van der Waals surface area contributed by atoms with Crippen LogP contribution in [0, 0.1) is 0 Å². The third-order valence-electron chi connectivity index (χ3n) is 5.59. The maximum atomic E-state index is 12.3. The van der Waals surface area contributed by atoms with Crippen LogP contribution in [-0.2, 0) is 16.1 Å². The number of anilines is 2. The lowest BCUT2D eigenvalue weighted by molar-refractivity contribution is -0.140. The summed E-state index contributed by atoms with van der Waals surface area (Å²) >= 11 is 8.28. The van der Waals surface area contributed by atoms with Crippen LogP contribution in [0.3, 0.4) is 0 Å². The van der Waals surface area contributed by atoms with Gasteiger partial charge in [0.05, 0.1) is 24.9 Å². The lowest BCUT2D eigenvalue weighted by Gasteiger charge is -2.23. The number of methoxy groups -OCH3 is 1. The highest BCUT2D eigenvalue weighted by Gasteiger charge is 2.22. The SMILES string of the molecule is CCCN(Cc1cc(C(CC(=O)OC)c2ccc(N(C)N)c(N)c2)ccc1Cl)Sc1cccnc1. The Morgan fingerprint density at radius 3 is 2.57 bits per heavy atom. The van der Waals surface area contributed by atoms with Gasteiger partial charge >= 0.3 is 5.97 Å². The van der Waals surface area contributed by atoms with Crippen molar-refractivity contribution in [2.45, 2.75) is 37.1 Å². The number of carbonyl (C=O) groups is 1. The van der Waals surface area contributed by atoms with Gasteiger partial charge in [0.15, 0.2) is 0 Å². The summed E-state index contributed by atoms with van der Waals surface area (Å²) in [5.74, 6) is 5.32. The number of hydrazine groups is 1. The number of aromatic nitrogens is 1. The molecule has 0 radical (unpaired) electrons. The molecule has 0 amide bonds. The zero-order valence-electron chi connectivity index (χ0n) is 20.3. The van der Waals surface area contributed by atoms with Crippen LogP contribution in [-0.4, -0.2) is 36.0 Å². The molecule has 0 spiro atoms. The van der Waals surface area contributed by atoms with E-state index < -0.39 is 0 Å². The average Bonchev–Trinajstić information content (AvgIpc) is 2.84. The molecule has 1 aromatic heterocycles. The molecule has 9 heteroatoms. The van der Waals surface area contributed by atoms with Crippen LogP contribution >= 0.6 is 23.5 Å². The van der Waals surface area contributed by atoms with Crippen molar-refractivity contribution in [3.8, 4) is 0 Å². The highest BCUT2D eigenvalue weighted by atomic mass is 35.5. The normalized spacial score (nSPS) is 11.9. The minimum atomic E-state index is -0.301. The van der Waals surface area contributed by atoms with Crippen LogP contribution in [0.25, 0.3) is 0 Å². The van der Waals surface area contributed by atoms with Gasteiger partial charge in [-0.2, -0.15) is 0 Å². The second-order valence-corrected chi connectivity index (χ2v) is 9.83. The van der Waals surface area contributed by atoms with Crippen LogP contribution < -0.4 is 16.6 Å². The van der Waals surface area contributed by atoms with E-state index in [1.54, 1.807) is 25.2 Å². The van der Waals surface area contributed by atoms with Gasteiger partial charge in [0.25, 0.3) is 0 Å². The summed E-state index contributed by atoms with van der Waals surface area (Å²) in [5.41, 5.74) is 10.4. The first-order valence-electron chi connectivity index (χ1n) is 11.4. The number of rotatable bonds is 11. The van der Waals surface area contributed by atoms with E-state index in [9.17, 15) is 4.79 Å². The van der Waals surface area contributed by atoms with Gasteiger partial charge in [0.2, 0.25) is 0 Å². The molecule has 7 nitrogen and oxygen atoms in total. The molecule has 0 saturated carbocycles. The molecule has 1 unspecified atom stereocenters. The Morgan fingerprint density at radius 2 is 1.94 bits per heavy atom. The Bertz CT molecular complexity index is 1130. The van der Waals surface area contributed by atoms with Gasteiger partial charge in [-0.3, -0.25) is 9.78 Å². The van der Waals surface area contributed by atoms with Gasteiger partial charge in [0.1, 0.15) is 0 Å². The second-order valence-electron chi connectivity index (χ2n) is 8.26. The van der Waals surface area contributed by atoms with Crippen molar-refractivity contribution in [2.75, 3.05) is 31.4 Å². The number of nitrogens with two attached hydrogens (primary N) is 2. The fraction of sp³-hybridized carbons (Fsp3) is 0.308. The summed E-state index contributed by atoms with van der Waals surface area (Å²) in [7, 11) is 3.13. The summed E-state index contributed by atoms with van der Waals surface area (Å²) < 4.78 is 7.26. The number of benzene rings is 2. The van der Waals surface area contributed by atoms with E-state index in [1.807, 2.05) is 48.7 Å². The Labute approximate surface area is 216 Å². The maximum Gasteiger partial charge on any atom is 0.306 e. The molecule has 0 aliphatic heterocycles. The minimum Gasteiger partial charge on any atom is -0.469 e. The number of ether oxygens (including phenoxy) is 1. The first-order valence-corrected chi connectivity index (χ1v) is 12.5. The van der Waals surface area contributed by atoms with Gasteiger partial charge in [0, 0.05) is 48.4 Å². The van der Waals surface area contributed by atoms with Crippen molar-refractivity contribution in [3.05, 3.63) is 82.6 Å². The fourth-order valence-electron chi connectivity index (χ4n) is 3.87. The minimum absolute atomic E-state index is 0.179. The standard InChI is InChI=1S/C26H32ClN5O2S/c1-4-12-32(35-21-6-5-11-30-16-21)17-20-13-18(7-9-23(20)27)22(15-26(33)34-3)19-8-10-25(31(2)29)24(28)14-19/h5-11,13-14,16,22H,4,12,15,17,28-29H2,1-3H3. The Hall–Kier alpha value is -2.78. The van der Waals surface area contributed by atoms with Gasteiger partial charge in [-0.15, -0.1) is 0 Å². The van der Waals surface area contributed by atoms with Crippen molar-refractivity contribution < 1.29 is 9.53 Å². The molecule has 1 heterocycles. The first-order chi connectivity index (χ1) is 16.8. The molecule has 3 aromatic rings. The number of esters is 1. The maximum absolute atomic E-state index is 12.3. The van der Waals surface area contributed by atoms with E-state index >= 15 is 0 Å². The van der Waals surface area contributed by atoms with Gasteiger partial charge in [-0.05, 0) is 65.4 Å². The Morgan fingerprint density at radius 1 is 1.20 bits per heavy atom. The topological polar surface area (TPSA) is 97.7 Å². The Balaban J connectivity index is 1.94. The van der Waals surface area contributed by atoms with E-state index in [4.69, 9.17) is 27.9 Å². The van der Waals surface area contributed by atoms with Gasteiger partial charge in [-0.1, -0.05) is 36.7 Å². The first kappa shape index (κ1) is 26.8. The average molecular weight is 514 g/mol. The monoisotopic (exact) mass is 513 g/mol. The smallest absolute Gasteiger partial charge is 0.306 e. The summed E-state index contributed by atoms with van der Waals surface area (Å²) in [4.78, 5) is 17.6. The summed E-state index contributed by atoms with van der Waals surface area (Å²) in [6.07, 6.45) is 4.79. The van der Waals surface area contributed by atoms with Crippen LogP contribution in [0.4, 0.5) is 11.4 Å². The van der Waals surface area contributed by atoms with Crippen LogP contribution in [0.1, 0.15) is 42.4 Å². The van der Waals surface area contributed by atoms with Gasteiger partial charge in [-0.25, -0.2) is 10.1 Å². The number of hydrogen-bond donors (Lipinski definition) is 2. The molecule has 0 aliphatic carbocycles. The lowest BCUT2D eigenvalue weighted by atomic mass is 9.87. The van der Waals surface area contributed by atoms with Crippen molar-refractivity contribution in [1.82, 2.24) is 9.29 Å². The molecule has 0 bridgehead atoms. The second kappa shape index (κ2) is 12.8. The zero-order chi connectivity index (χ0) is 25.4. The molecule has 4 N–H and O–H groups in total. The molecule has 0 fully saturated rings. The molecule has 3 rings (SSSR count). The lowest BCUT2D eigenvalue weighted by Crippen LogP contribution is -2.26. The summed E-state index contributed by atoms with van der Waals surface area (Å²) in [5, 5.41) is 2.15. The molecule has 0 saturated heterocycles. The summed E-state index contributed by atoms with van der Waals surface area (Å²) in [6.45, 7) is 3.68. The largest absolute Gasteiger partial charge is 0.469 e. The van der Waals surface area contributed by atoms with Crippen molar-refractivity contribution in [2.24, 2.45) is 5.84 Å². The number of pyridine rings is 1. The van der Waals surface area contributed by atoms with Crippen LogP contribution in [0.5, 0.6) is 0 Å². The third-order valence-corrected chi connectivity index (χ3v) is 6.98. The highest BCUT2D eigenvalue weighted by molar-refractivity contribution is 7.97. The Kier molecular flexibility index (Phi) is 9.80. The van der Waals surface area contributed by atoms with Crippen molar-refractivity contribution in [3.63, 3.8) is 0 Å². The molecule has 0 aliphatic rings. The van der Waals surface area contributed by atoms with Crippen molar-refractivity contribution >= 4 is 40.9 Å². The van der Waals surface area contributed by atoms with Crippen LogP contribution in [0.15, 0.2) is 65.8 Å². The molecule has 2 aromatic carbocycles. The quantitative estimate of drug-likeness (QED) is 0.118. The number of nitrogens with zero attached hydrogens (tertiary/aromatic N) is 3. The molecule has 186 valence electrons. The molecule has 35 heavy (non-hydrogen) atoms. The van der Waals surface area contributed by atoms with Crippen molar-refractivity contribution in [1.29, 1.82) is 0 Å². The zero-order valence-corrected chi connectivity index (χ0v) is 21.9. The number of nitrogen functional groups attached to an aromatic ring is 1. The number of hydrogen-bond acceptors (Lipinski definition) is 8. The van der Waals surface area contributed by atoms with E-state index in [2.05, 4.69) is 22.3 Å².